The molecule has 0 saturated carbocycles. The normalized spacial score (nSPS) is 12.7. The summed E-state index contributed by atoms with van der Waals surface area (Å²) in [6.07, 6.45) is 3.46. The van der Waals surface area contributed by atoms with Gasteiger partial charge in [0.15, 0.2) is 0 Å². The number of hydrogen-bond donors (Lipinski definition) is 1. The van der Waals surface area contributed by atoms with Gasteiger partial charge in [-0.05, 0) is 69.3 Å². The minimum Gasteiger partial charge on any atom is -0.497 e. The molecule has 2 aromatic rings. The van der Waals surface area contributed by atoms with Crippen LogP contribution in [0.15, 0.2) is 53.4 Å². The molecule has 0 unspecified atom stereocenters. The number of hydrogen-bond acceptors (Lipinski definition) is 5. The van der Waals surface area contributed by atoms with Gasteiger partial charge >= 0.3 is 0 Å². The van der Waals surface area contributed by atoms with E-state index in [1.165, 1.54) is 4.31 Å². The Morgan fingerprint density at radius 1 is 0.906 bits per heavy atom. The Balaban J connectivity index is 2.30. The van der Waals surface area contributed by atoms with Gasteiger partial charge in [0.25, 0.3) is 10.0 Å². The summed E-state index contributed by atoms with van der Waals surface area (Å²) < 4.78 is 33.6. The van der Waals surface area contributed by atoms with E-state index in [4.69, 9.17) is 4.74 Å². The Labute approximate surface area is 193 Å². The number of aliphatic hydroxyl groups is 1. The van der Waals surface area contributed by atoms with Gasteiger partial charge in [0.1, 0.15) is 5.75 Å². The lowest BCUT2D eigenvalue weighted by molar-refractivity contribution is 0.117. The van der Waals surface area contributed by atoms with E-state index in [0.717, 1.165) is 44.3 Å². The molecule has 0 aliphatic rings. The number of unbranched alkanes of at least 4 members (excludes halogenated alkanes) is 2. The molecule has 0 heterocycles. The van der Waals surface area contributed by atoms with Crippen molar-refractivity contribution in [3.63, 3.8) is 0 Å². The van der Waals surface area contributed by atoms with Crippen LogP contribution in [0.4, 0.5) is 5.69 Å². The molecule has 32 heavy (non-hydrogen) atoms. The average molecular weight is 463 g/mol. The van der Waals surface area contributed by atoms with Crippen molar-refractivity contribution in [2.24, 2.45) is 0 Å². The van der Waals surface area contributed by atoms with E-state index in [1.807, 2.05) is 6.92 Å². The Morgan fingerprint density at radius 2 is 1.47 bits per heavy atom. The predicted octanol–water partition coefficient (Wildman–Crippen LogP) is 4.46. The molecule has 7 heteroatoms. The highest BCUT2D eigenvalue weighted by atomic mass is 32.2. The lowest BCUT2D eigenvalue weighted by atomic mass is 10.2. The smallest absolute Gasteiger partial charge is 0.264 e. The number of anilines is 1. The van der Waals surface area contributed by atoms with Crippen molar-refractivity contribution in [3.05, 3.63) is 54.1 Å². The fourth-order valence-electron chi connectivity index (χ4n) is 3.53. The van der Waals surface area contributed by atoms with Crippen molar-refractivity contribution >= 4 is 15.7 Å². The molecular formula is C25H38N2O4S. The van der Waals surface area contributed by atoms with Crippen molar-refractivity contribution in [2.45, 2.75) is 57.5 Å². The molecule has 2 rings (SSSR count). The molecule has 0 bridgehead atoms. The zero-order valence-electron chi connectivity index (χ0n) is 19.8. The molecule has 0 radical (unpaired) electrons. The van der Waals surface area contributed by atoms with Gasteiger partial charge in [-0.1, -0.05) is 44.4 Å². The van der Waals surface area contributed by atoms with Crippen LogP contribution >= 0.6 is 0 Å². The monoisotopic (exact) mass is 462 g/mol. The quantitative estimate of drug-likeness (QED) is 0.449. The molecule has 6 nitrogen and oxygen atoms in total. The summed E-state index contributed by atoms with van der Waals surface area (Å²) in [6, 6.07) is 13.7. The first-order chi connectivity index (χ1) is 15.3. The second kappa shape index (κ2) is 12.8. The van der Waals surface area contributed by atoms with Crippen LogP contribution in [0.2, 0.25) is 0 Å². The Hall–Kier alpha value is -2.09. The zero-order chi connectivity index (χ0) is 23.6. The van der Waals surface area contributed by atoms with Crippen LogP contribution in [0.5, 0.6) is 5.75 Å². The maximum absolute atomic E-state index is 13.5. The van der Waals surface area contributed by atoms with Gasteiger partial charge in [-0.3, -0.25) is 4.31 Å². The lowest BCUT2D eigenvalue weighted by Gasteiger charge is -2.30. The van der Waals surface area contributed by atoms with Crippen molar-refractivity contribution in [3.8, 4) is 5.75 Å². The SMILES string of the molecule is CCCCN(CCCC)C[C@H](O)CN(c1ccc(OC)cc1)S(=O)(=O)c1ccc(C)cc1. The minimum atomic E-state index is -3.84. The molecular weight excluding hydrogens is 424 g/mol. The molecule has 2 aromatic carbocycles. The summed E-state index contributed by atoms with van der Waals surface area (Å²) >= 11 is 0. The molecule has 0 spiro atoms. The molecule has 1 atom stereocenters. The third-order valence-corrected chi connectivity index (χ3v) is 7.28. The number of methoxy groups -OCH3 is 1. The van der Waals surface area contributed by atoms with Gasteiger partial charge in [0, 0.05) is 6.54 Å². The first-order valence-corrected chi connectivity index (χ1v) is 12.9. The van der Waals surface area contributed by atoms with E-state index in [0.29, 0.717) is 18.0 Å². The van der Waals surface area contributed by atoms with Gasteiger partial charge in [0.2, 0.25) is 0 Å². The maximum atomic E-state index is 13.5. The minimum absolute atomic E-state index is 0.0166. The van der Waals surface area contributed by atoms with Crippen LogP contribution in [-0.2, 0) is 10.0 Å². The summed E-state index contributed by atoms with van der Waals surface area (Å²) in [5, 5.41) is 10.9. The first-order valence-electron chi connectivity index (χ1n) is 11.5. The number of nitrogens with zero attached hydrogens (tertiary/aromatic N) is 2. The van der Waals surface area contributed by atoms with Gasteiger partial charge in [0.05, 0.1) is 30.3 Å². The van der Waals surface area contributed by atoms with Crippen LogP contribution in [0.3, 0.4) is 0 Å². The first kappa shape index (κ1) is 26.2. The van der Waals surface area contributed by atoms with Crippen molar-refractivity contribution in [2.75, 3.05) is 37.6 Å². The maximum Gasteiger partial charge on any atom is 0.264 e. The summed E-state index contributed by atoms with van der Waals surface area (Å²) in [7, 11) is -2.27. The van der Waals surface area contributed by atoms with E-state index >= 15 is 0 Å². The molecule has 0 aliphatic heterocycles. The molecule has 0 aliphatic carbocycles. The van der Waals surface area contributed by atoms with Crippen LogP contribution in [-0.4, -0.2) is 57.8 Å². The second-order valence-corrected chi connectivity index (χ2v) is 10.1. The number of sulfonamides is 1. The topological polar surface area (TPSA) is 70.1 Å². The number of benzene rings is 2. The standard InChI is InChI=1S/C25H38N2O4S/c1-5-7-17-26(18-8-6-2)19-23(28)20-27(22-11-13-24(31-4)14-12-22)32(29,30)25-15-9-21(3)10-16-25/h9-16,23,28H,5-8,17-20H2,1-4H3/t23-/m0/s1. The van der Waals surface area contributed by atoms with Gasteiger partial charge in [-0.25, -0.2) is 8.42 Å². The molecule has 178 valence electrons. The van der Waals surface area contributed by atoms with Crippen molar-refractivity contribution < 1.29 is 18.3 Å². The molecule has 0 saturated heterocycles. The fraction of sp³-hybridized carbons (Fsp3) is 0.520. The van der Waals surface area contributed by atoms with Crippen molar-refractivity contribution in [1.29, 1.82) is 0 Å². The van der Waals surface area contributed by atoms with E-state index in [9.17, 15) is 13.5 Å². The fourth-order valence-corrected chi connectivity index (χ4v) is 5.04. The van der Waals surface area contributed by atoms with Gasteiger partial charge in [-0.2, -0.15) is 0 Å². The largest absolute Gasteiger partial charge is 0.497 e. The van der Waals surface area contributed by atoms with E-state index in [-0.39, 0.29) is 11.4 Å². The average Bonchev–Trinajstić information content (AvgIpc) is 2.79. The Bertz CT molecular complexity index is 891. The highest BCUT2D eigenvalue weighted by molar-refractivity contribution is 7.92. The molecule has 0 aromatic heterocycles. The van der Waals surface area contributed by atoms with Crippen LogP contribution in [0, 0.1) is 6.92 Å². The molecule has 0 amide bonds. The van der Waals surface area contributed by atoms with E-state index in [1.54, 1.807) is 55.6 Å². The number of ether oxygens (including phenoxy) is 1. The summed E-state index contributed by atoms with van der Waals surface area (Å²) in [4.78, 5) is 2.45. The van der Waals surface area contributed by atoms with Crippen LogP contribution in [0.1, 0.15) is 45.1 Å². The van der Waals surface area contributed by atoms with Crippen molar-refractivity contribution in [1.82, 2.24) is 4.90 Å². The second-order valence-electron chi connectivity index (χ2n) is 8.21. The Morgan fingerprint density at radius 3 is 1.97 bits per heavy atom. The summed E-state index contributed by atoms with van der Waals surface area (Å²) in [5.74, 6) is 0.646. The third-order valence-electron chi connectivity index (χ3n) is 5.47. The predicted molar refractivity (Wildman–Crippen MR) is 131 cm³/mol. The molecule has 1 N–H and O–H groups in total. The number of aryl methyl sites for hydroxylation is 1. The Kier molecular flexibility index (Phi) is 10.5. The number of aliphatic hydroxyl groups excluding tert-OH is 1. The van der Waals surface area contributed by atoms with Gasteiger partial charge < -0.3 is 14.7 Å². The highest BCUT2D eigenvalue weighted by Gasteiger charge is 2.28. The number of rotatable bonds is 14. The summed E-state index contributed by atoms with van der Waals surface area (Å²) in [6.45, 7) is 8.44. The zero-order valence-corrected chi connectivity index (χ0v) is 20.6. The van der Waals surface area contributed by atoms with Crippen LogP contribution < -0.4 is 9.04 Å². The summed E-state index contributed by atoms with van der Waals surface area (Å²) in [5.41, 5.74) is 1.49. The third kappa shape index (κ3) is 7.50. The van der Waals surface area contributed by atoms with Gasteiger partial charge in [-0.15, -0.1) is 0 Å². The van der Waals surface area contributed by atoms with Crippen LogP contribution in [0.25, 0.3) is 0 Å². The van der Waals surface area contributed by atoms with E-state index in [2.05, 4.69) is 18.7 Å². The lowest BCUT2D eigenvalue weighted by Crippen LogP contribution is -2.43. The van der Waals surface area contributed by atoms with E-state index < -0.39 is 16.1 Å². The highest BCUT2D eigenvalue weighted by Crippen LogP contribution is 2.26. The molecule has 0 fully saturated rings.